The van der Waals surface area contributed by atoms with Gasteiger partial charge in [0.15, 0.2) is 0 Å². The molecule has 2 atom stereocenters. The topological polar surface area (TPSA) is 43.8 Å². The first-order valence-corrected chi connectivity index (χ1v) is 6.40. The Morgan fingerprint density at radius 2 is 2.16 bits per heavy atom. The first kappa shape index (κ1) is 16.2. The fourth-order valence-electron chi connectivity index (χ4n) is 2.30. The molecule has 7 heteroatoms. The van der Waals surface area contributed by atoms with Gasteiger partial charge in [0.05, 0.1) is 12.6 Å². The number of alkyl halides is 3. The van der Waals surface area contributed by atoms with Gasteiger partial charge in [-0.25, -0.2) is 0 Å². The third-order valence-electron chi connectivity index (χ3n) is 3.43. The Bertz CT molecular complexity index is 308. The lowest BCUT2D eigenvalue weighted by atomic mass is 9.93. The minimum absolute atomic E-state index is 0.0181. The Morgan fingerprint density at radius 3 is 2.68 bits per heavy atom. The van der Waals surface area contributed by atoms with Gasteiger partial charge in [0.25, 0.3) is 0 Å². The highest BCUT2D eigenvalue weighted by molar-refractivity contribution is 5.78. The van der Waals surface area contributed by atoms with E-state index in [0.717, 1.165) is 19.9 Å². The first-order chi connectivity index (χ1) is 8.69. The van der Waals surface area contributed by atoms with E-state index in [1.165, 1.54) is 0 Å². The lowest BCUT2D eigenvalue weighted by molar-refractivity contribution is -0.159. The summed E-state index contributed by atoms with van der Waals surface area (Å²) in [6.45, 7) is 1.71. The Balaban J connectivity index is 2.43. The number of piperidine rings is 1. The van der Waals surface area contributed by atoms with Crippen molar-refractivity contribution in [2.24, 2.45) is 5.92 Å². The van der Waals surface area contributed by atoms with E-state index in [1.807, 2.05) is 4.90 Å². The summed E-state index contributed by atoms with van der Waals surface area (Å²) < 4.78 is 36.5. The number of carbonyl (C=O) groups excluding carboxylic acids is 1. The molecular formula is C12H21F3N2O2. The molecule has 112 valence electrons. The van der Waals surface area contributed by atoms with E-state index in [1.54, 1.807) is 6.92 Å². The van der Waals surface area contributed by atoms with Crippen LogP contribution in [0.4, 0.5) is 13.2 Å². The van der Waals surface area contributed by atoms with Crippen LogP contribution in [0.1, 0.15) is 19.8 Å². The van der Waals surface area contributed by atoms with Crippen molar-refractivity contribution in [2.45, 2.75) is 32.0 Å². The molecule has 0 aromatic carbocycles. The number of rotatable bonds is 4. The summed E-state index contributed by atoms with van der Waals surface area (Å²) in [5, 5.41) is 9.52. The lowest BCUT2D eigenvalue weighted by Gasteiger charge is -2.34. The van der Waals surface area contributed by atoms with Crippen molar-refractivity contribution in [1.29, 1.82) is 0 Å². The van der Waals surface area contributed by atoms with Crippen LogP contribution in [0.2, 0.25) is 0 Å². The van der Waals surface area contributed by atoms with E-state index in [9.17, 15) is 23.1 Å². The number of likely N-dealkylation sites (N-methyl/N-ethyl adjacent to an activating group) is 1. The molecule has 0 saturated carbocycles. The van der Waals surface area contributed by atoms with Crippen molar-refractivity contribution in [3.8, 4) is 0 Å². The largest absolute Gasteiger partial charge is 0.406 e. The number of aliphatic hydroxyl groups excluding tert-OH is 1. The Kier molecular flexibility index (Phi) is 5.61. The van der Waals surface area contributed by atoms with Crippen molar-refractivity contribution in [1.82, 2.24) is 9.80 Å². The SMILES string of the molecule is CC(O)C1CCCN(CC(=O)N(C)CC(F)(F)F)C1. The van der Waals surface area contributed by atoms with Gasteiger partial charge in [0.2, 0.25) is 5.91 Å². The summed E-state index contributed by atoms with van der Waals surface area (Å²) in [6, 6.07) is 0. The third kappa shape index (κ3) is 5.78. The molecule has 1 fully saturated rings. The summed E-state index contributed by atoms with van der Waals surface area (Å²) in [6.07, 6.45) is -3.08. The molecule has 1 rings (SSSR count). The minimum Gasteiger partial charge on any atom is -0.393 e. The summed E-state index contributed by atoms with van der Waals surface area (Å²) in [5.74, 6) is -0.446. The predicted octanol–water partition coefficient (Wildman–Crippen LogP) is 1.10. The maximum Gasteiger partial charge on any atom is 0.406 e. The maximum atomic E-state index is 12.2. The number of nitrogens with zero attached hydrogens (tertiary/aromatic N) is 2. The highest BCUT2D eigenvalue weighted by atomic mass is 19.4. The fourth-order valence-corrected chi connectivity index (χ4v) is 2.30. The number of amides is 1. The normalized spacial score (nSPS) is 23.2. The molecule has 0 radical (unpaired) electrons. The van der Waals surface area contributed by atoms with E-state index in [0.29, 0.717) is 18.0 Å². The quantitative estimate of drug-likeness (QED) is 0.840. The predicted molar refractivity (Wildman–Crippen MR) is 64.5 cm³/mol. The van der Waals surface area contributed by atoms with Gasteiger partial charge in [-0.05, 0) is 32.2 Å². The van der Waals surface area contributed by atoms with Crippen LogP contribution in [0, 0.1) is 5.92 Å². The van der Waals surface area contributed by atoms with Crippen LogP contribution in [-0.4, -0.2) is 66.3 Å². The second kappa shape index (κ2) is 6.56. The number of likely N-dealkylation sites (tertiary alicyclic amines) is 1. The molecular weight excluding hydrogens is 261 g/mol. The molecule has 1 heterocycles. The molecule has 0 aromatic rings. The molecule has 0 aromatic heterocycles. The summed E-state index contributed by atoms with van der Waals surface area (Å²) in [7, 11) is 1.16. The molecule has 4 nitrogen and oxygen atoms in total. The molecule has 0 aliphatic carbocycles. The van der Waals surface area contributed by atoms with Gasteiger partial charge >= 0.3 is 6.18 Å². The Morgan fingerprint density at radius 1 is 1.53 bits per heavy atom. The number of hydrogen-bond donors (Lipinski definition) is 1. The molecule has 2 unspecified atom stereocenters. The van der Waals surface area contributed by atoms with Gasteiger partial charge < -0.3 is 10.0 Å². The van der Waals surface area contributed by atoms with Gasteiger partial charge in [-0.2, -0.15) is 13.2 Å². The van der Waals surface area contributed by atoms with Crippen molar-refractivity contribution >= 4 is 5.91 Å². The molecule has 1 aliphatic rings. The zero-order valence-corrected chi connectivity index (χ0v) is 11.3. The zero-order valence-electron chi connectivity index (χ0n) is 11.3. The van der Waals surface area contributed by atoms with Crippen LogP contribution in [0.15, 0.2) is 0 Å². The highest BCUT2D eigenvalue weighted by Crippen LogP contribution is 2.20. The molecule has 1 N–H and O–H groups in total. The number of aliphatic hydroxyl groups is 1. The van der Waals surface area contributed by atoms with Crippen LogP contribution >= 0.6 is 0 Å². The van der Waals surface area contributed by atoms with E-state index >= 15 is 0 Å². The summed E-state index contributed by atoms with van der Waals surface area (Å²) in [5.41, 5.74) is 0. The molecule has 1 saturated heterocycles. The fraction of sp³-hybridized carbons (Fsp3) is 0.917. The van der Waals surface area contributed by atoms with E-state index < -0.39 is 24.7 Å². The van der Waals surface area contributed by atoms with Crippen molar-refractivity contribution < 1.29 is 23.1 Å². The molecule has 1 aliphatic heterocycles. The smallest absolute Gasteiger partial charge is 0.393 e. The van der Waals surface area contributed by atoms with Crippen LogP contribution in [0.25, 0.3) is 0 Å². The van der Waals surface area contributed by atoms with E-state index in [-0.39, 0.29) is 12.5 Å². The van der Waals surface area contributed by atoms with Crippen LogP contribution in [0.3, 0.4) is 0 Å². The minimum atomic E-state index is -4.37. The Labute approximate surface area is 111 Å². The van der Waals surface area contributed by atoms with Gasteiger partial charge in [-0.1, -0.05) is 0 Å². The Hall–Kier alpha value is -0.820. The third-order valence-corrected chi connectivity index (χ3v) is 3.43. The van der Waals surface area contributed by atoms with Gasteiger partial charge in [-0.3, -0.25) is 9.69 Å². The van der Waals surface area contributed by atoms with Crippen molar-refractivity contribution in [3.63, 3.8) is 0 Å². The average Bonchev–Trinajstić information content (AvgIpc) is 2.27. The van der Waals surface area contributed by atoms with Crippen molar-refractivity contribution in [3.05, 3.63) is 0 Å². The highest BCUT2D eigenvalue weighted by Gasteiger charge is 2.32. The number of hydrogen-bond acceptors (Lipinski definition) is 3. The molecule has 0 bridgehead atoms. The monoisotopic (exact) mass is 282 g/mol. The first-order valence-electron chi connectivity index (χ1n) is 6.40. The standard InChI is InChI=1S/C12H21F3N2O2/c1-9(18)10-4-3-5-17(6-10)7-11(19)16(2)8-12(13,14)15/h9-10,18H,3-8H2,1-2H3. The summed E-state index contributed by atoms with van der Waals surface area (Å²) in [4.78, 5) is 14.2. The maximum absolute atomic E-state index is 12.2. The average molecular weight is 282 g/mol. The number of carbonyl (C=O) groups is 1. The molecule has 19 heavy (non-hydrogen) atoms. The summed E-state index contributed by atoms with van der Waals surface area (Å²) >= 11 is 0. The van der Waals surface area contributed by atoms with Gasteiger partial charge in [0.1, 0.15) is 6.54 Å². The van der Waals surface area contributed by atoms with Crippen molar-refractivity contribution in [2.75, 3.05) is 33.2 Å². The van der Waals surface area contributed by atoms with Crippen LogP contribution < -0.4 is 0 Å². The van der Waals surface area contributed by atoms with E-state index in [2.05, 4.69) is 0 Å². The second-order valence-electron chi connectivity index (χ2n) is 5.24. The van der Waals surface area contributed by atoms with Crippen LogP contribution in [0.5, 0.6) is 0 Å². The second-order valence-corrected chi connectivity index (χ2v) is 5.24. The molecule has 1 amide bonds. The van der Waals surface area contributed by atoms with E-state index in [4.69, 9.17) is 0 Å². The molecule has 0 spiro atoms. The lowest BCUT2D eigenvalue weighted by Crippen LogP contribution is -2.46. The zero-order chi connectivity index (χ0) is 14.6. The van der Waals surface area contributed by atoms with Gasteiger partial charge in [-0.15, -0.1) is 0 Å². The van der Waals surface area contributed by atoms with Gasteiger partial charge in [0, 0.05) is 13.6 Å². The van der Waals surface area contributed by atoms with Crippen LogP contribution in [-0.2, 0) is 4.79 Å². The number of halogens is 3.